The van der Waals surface area contributed by atoms with E-state index in [9.17, 15) is 4.79 Å². The molecule has 1 saturated heterocycles. The van der Waals surface area contributed by atoms with E-state index < -0.39 is 0 Å². The molecule has 6 heteroatoms. The van der Waals surface area contributed by atoms with E-state index in [4.69, 9.17) is 4.74 Å². The lowest BCUT2D eigenvalue weighted by Crippen LogP contribution is -2.50. The van der Waals surface area contributed by atoms with Gasteiger partial charge in [-0.1, -0.05) is 25.7 Å². The molecule has 0 atom stereocenters. The van der Waals surface area contributed by atoms with Gasteiger partial charge in [0.2, 0.25) is 5.91 Å². The van der Waals surface area contributed by atoms with E-state index in [1.807, 2.05) is 0 Å². The van der Waals surface area contributed by atoms with Gasteiger partial charge < -0.3 is 20.3 Å². The molecule has 0 bridgehead atoms. The normalized spacial score (nSPS) is 21.0. The van der Waals surface area contributed by atoms with Gasteiger partial charge in [-0.15, -0.1) is 0 Å². The van der Waals surface area contributed by atoms with E-state index in [-0.39, 0.29) is 12.5 Å². The number of piperidine rings is 1. The van der Waals surface area contributed by atoms with Crippen LogP contribution in [0.15, 0.2) is 4.99 Å². The van der Waals surface area contributed by atoms with E-state index in [0.29, 0.717) is 18.6 Å². The van der Waals surface area contributed by atoms with Crippen molar-refractivity contribution >= 4 is 11.9 Å². The van der Waals surface area contributed by atoms with Gasteiger partial charge in [-0.3, -0.25) is 4.79 Å². The summed E-state index contributed by atoms with van der Waals surface area (Å²) in [6.07, 6.45) is 10.8. The van der Waals surface area contributed by atoms with Crippen molar-refractivity contribution in [2.45, 2.75) is 58.3 Å². The molecule has 1 aliphatic carbocycles. The molecule has 144 valence electrons. The number of carbonyl (C=O) groups excluding carboxylic acids is 1. The minimum absolute atomic E-state index is 0.0476. The largest absolute Gasteiger partial charge is 0.383 e. The van der Waals surface area contributed by atoms with E-state index >= 15 is 0 Å². The van der Waals surface area contributed by atoms with Crippen LogP contribution in [-0.4, -0.2) is 63.2 Å². The van der Waals surface area contributed by atoms with Crippen LogP contribution in [0.3, 0.4) is 0 Å². The third-order valence-corrected chi connectivity index (χ3v) is 5.46. The molecule has 0 aromatic carbocycles. The summed E-state index contributed by atoms with van der Waals surface area (Å²) in [5, 5.41) is 6.22. The number of hydrogen-bond donors (Lipinski definition) is 2. The number of nitrogens with one attached hydrogen (secondary N) is 2. The van der Waals surface area contributed by atoms with E-state index in [1.54, 1.807) is 7.11 Å². The predicted octanol–water partition coefficient (Wildman–Crippen LogP) is 2.15. The number of methoxy groups -OCH3 is 1. The number of aliphatic imine (C=N–C) groups is 1. The zero-order chi connectivity index (χ0) is 18.0. The summed E-state index contributed by atoms with van der Waals surface area (Å²) >= 11 is 0. The number of likely N-dealkylation sites (tertiary alicyclic amines) is 1. The number of nitrogens with zero attached hydrogens (tertiary/aromatic N) is 2. The molecule has 0 radical (unpaired) electrons. The second-order valence-electron chi connectivity index (χ2n) is 7.45. The fourth-order valence-corrected chi connectivity index (χ4v) is 4.20. The maximum Gasteiger partial charge on any atom is 0.241 e. The maximum absolute atomic E-state index is 11.9. The molecule has 0 aromatic heterocycles. The van der Waals surface area contributed by atoms with Gasteiger partial charge in [-0.2, -0.15) is 0 Å². The molecule has 2 aliphatic rings. The van der Waals surface area contributed by atoms with Crippen molar-refractivity contribution in [1.29, 1.82) is 0 Å². The van der Waals surface area contributed by atoms with Crippen LogP contribution in [0.5, 0.6) is 0 Å². The lowest BCUT2D eigenvalue weighted by Gasteiger charge is -2.44. The average Bonchev–Trinajstić information content (AvgIpc) is 2.84. The van der Waals surface area contributed by atoms with Crippen LogP contribution < -0.4 is 10.6 Å². The van der Waals surface area contributed by atoms with Gasteiger partial charge in [-0.05, 0) is 38.0 Å². The number of ether oxygens (including phenoxy) is 1. The quantitative estimate of drug-likeness (QED) is 0.437. The predicted molar refractivity (Wildman–Crippen MR) is 102 cm³/mol. The zero-order valence-corrected chi connectivity index (χ0v) is 16.1. The molecule has 0 aromatic rings. The van der Waals surface area contributed by atoms with Crippen LogP contribution in [0.2, 0.25) is 0 Å². The highest BCUT2D eigenvalue weighted by Gasteiger charge is 2.36. The van der Waals surface area contributed by atoms with Gasteiger partial charge >= 0.3 is 0 Å². The summed E-state index contributed by atoms with van der Waals surface area (Å²) in [6, 6.07) is 0. The highest BCUT2D eigenvalue weighted by Crippen LogP contribution is 2.42. The molecule has 2 N–H and O–H groups in total. The monoisotopic (exact) mass is 352 g/mol. The Morgan fingerprint density at radius 2 is 1.84 bits per heavy atom. The second-order valence-corrected chi connectivity index (χ2v) is 7.45. The number of rotatable bonds is 6. The molecule has 2 rings (SSSR count). The van der Waals surface area contributed by atoms with Crippen molar-refractivity contribution in [1.82, 2.24) is 15.5 Å². The van der Waals surface area contributed by atoms with E-state index in [0.717, 1.165) is 25.6 Å². The van der Waals surface area contributed by atoms with Crippen molar-refractivity contribution in [2.24, 2.45) is 10.4 Å². The minimum atomic E-state index is -0.0476. The van der Waals surface area contributed by atoms with Crippen LogP contribution >= 0.6 is 0 Å². The summed E-state index contributed by atoms with van der Waals surface area (Å²) in [5.41, 5.74) is 0.464. The molecule has 1 spiro atoms. The molecule has 0 unspecified atom stereocenters. The molecule has 1 saturated carbocycles. The summed E-state index contributed by atoms with van der Waals surface area (Å²) in [7, 11) is 1.63. The minimum Gasteiger partial charge on any atom is -0.383 e. The fraction of sp³-hybridized carbons (Fsp3) is 0.895. The van der Waals surface area contributed by atoms with Crippen molar-refractivity contribution in [3.8, 4) is 0 Å². The summed E-state index contributed by atoms with van der Waals surface area (Å²) in [4.78, 5) is 18.9. The van der Waals surface area contributed by atoms with Crippen molar-refractivity contribution in [2.75, 3.05) is 46.4 Å². The second kappa shape index (κ2) is 10.6. The third-order valence-electron chi connectivity index (χ3n) is 5.46. The Kier molecular flexibility index (Phi) is 8.52. The first-order chi connectivity index (χ1) is 12.2. The van der Waals surface area contributed by atoms with Crippen molar-refractivity contribution in [3.05, 3.63) is 0 Å². The van der Waals surface area contributed by atoms with Crippen molar-refractivity contribution < 1.29 is 9.53 Å². The van der Waals surface area contributed by atoms with E-state index in [1.165, 1.54) is 51.4 Å². The Balaban J connectivity index is 1.95. The Hall–Kier alpha value is -1.30. The van der Waals surface area contributed by atoms with Gasteiger partial charge in [-0.25, -0.2) is 4.99 Å². The van der Waals surface area contributed by atoms with Crippen molar-refractivity contribution in [3.63, 3.8) is 0 Å². The molecule has 1 aliphatic heterocycles. The Morgan fingerprint density at radius 1 is 1.12 bits per heavy atom. The Bertz CT molecular complexity index is 431. The standard InChI is InChI=1S/C19H36N4O2/c1-3-20-18(22-15-17(24)21-12-14-25-2)23-13-8-11-19(16-23)9-6-4-5-7-10-19/h3-16H2,1-2H3,(H,20,22)(H,21,24). The molecular weight excluding hydrogens is 316 g/mol. The van der Waals surface area contributed by atoms with Crippen LogP contribution in [0, 0.1) is 5.41 Å². The van der Waals surface area contributed by atoms with Gasteiger partial charge in [0, 0.05) is 33.3 Å². The van der Waals surface area contributed by atoms with Gasteiger partial charge in [0.1, 0.15) is 6.54 Å². The number of amides is 1. The topological polar surface area (TPSA) is 66.0 Å². The number of carbonyl (C=O) groups is 1. The van der Waals surface area contributed by atoms with Crippen LogP contribution in [0.25, 0.3) is 0 Å². The molecule has 6 nitrogen and oxygen atoms in total. The van der Waals surface area contributed by atoms with Crippen LogP contribution in [-0.2, 0) is 9.53 Å². The van der Waals surface area contributed by atoms with E-state index in [2.05, 4.69) is 27.4 Å². The smallest absolute Gasteiger partial charge is 0.241 e. The Morgan fingerprint density at radius 3 is 2.52 bits per heavy atom. The van der Waals surface area contributed by atoms with Gasteiger partial charge in [0.05, 0.1) is 6.61 Å². The maximum atomic E-state index is 11.9. The van der Waals surface area contributed by atoms with Gasteiger partial charge in [0.25, 0.3) is 0 Å². The molecule has 1 heterocycles. The SMILES string of the molecule is CCNC(=NCC(=O)NCCOC)N1CCCC2(CCCCCC2)C1. The molecule has 1 amide bonds. The number of hydrogen-bond acceptors (Lipinski definition) is 3. The summed E-state index contributed by atoms with van der Waals surface area (Å²) in [5.74, 6) is 0.848. The lowest BCUT2D eigenvalue weighted by atomic mass is 9.74. The fourth-order valence-electron chi connectivity index (χ4n) is 4.20. The highest BCUT2D eigenvalue weighted by atomic mass is 16.5. The first-order valence-electron chi connectivity index (χ1n) is 9.98. The Labute approximate surface area is 152 Å². The first kappa shape index (κ1) is 20.0. The molecule has 2 fully saturated rings. The molecule has 25 heavy (non-hydrogen) atoms. The lowest BCUT2D eigenvalue weighted by molar-refractivity contribution is -0.119. The third kappa shape index (κ3) is 6.49. The first-order valence-corrected chi connectivity index (χ1v) is 9.98. The van der Waals surface area contributed by atoms with Crippen LogP contribution in [0.4, 0.5) is 0 Å². The number of guanidine groups is 1. The van der Waals surface area contributed by atoms with Crippen LogP contribution in [0.1, 0.15) is 58.3 Å². The zero-order valence-electron chi connectivity index (χ0n) is 16.1. The van der Waals surface area contributed by atoms with Gasteiger partial charge in [0.15, 0.2) is 5.96 Å². The summed E-state index contributed by atoms with van der Waals surface area (Å²) in [6.45, 7) is 6.28. The summed E-state index contributed by atoms with van der Waals surface area (Å²) < 4.78 is 4.95. The average molecular weight is 353 g/mol. The molecular formula is C19H36N4O2. The highest BCUT2D eigenvalue weighted by molar-refractivity contribution is 5.85.